The van der Waals surface area contributed by atoms with Gasteiger partial charge in [0.25, 0.3) is 0 Å². The van der Waals surface area contributed by atoms with Gasteiger partial charge in [-0.05, 0) is 74.6 Å². The molecule has 221 valence electrons. The molecule has 1 saturated heterocycles. The number of piperidine rings is 1. The molecule has 0 saturated carbocycles. The van der Waals surface area contributed by atoms with E-state index in [2.05, 4.69) is 45.8 Å². The molecule has 0 bridgehead atoms. The van der Waals surface area contributed by atoms with Crippen LogP contribution in [0.25, 0.3) is 0 Å². The van der Waals surface area contributed by atoms with Crippen LogP contribution in [0.2, 0.25) is 0 Å². The third kappa shape index (κ3) is 12.7. The number of para-hydroxylation sites is 2. The van der Waals surface area contributed by atoms with Crippen LogP contribution < -0.4 is 4.74 Å². The van der Waals surface area contributed by atoms with E-state index >= 15 is 0 Å². The third-order valence-electron chi connectivity index (χ3n) is 6.61. The monoisotopic (exact) mass is 725 g/mol. The van der Waals surface area contributed by atoms with Gasteiger partial charge in [0.1, 0.15) is 11.5 Å². The van der Waals surface area contributed by atoms with Crippen LogP contribution >= 0.6 is 0 Å². The molecule has 4 rings (SSSR count). The number of hydrogen-bond donors (Lipinski definition) is 3. The maximum atomic E-state index is 10.3. The molecule has 2 aromatic carbocycles. The van der Waals surface area contributed by atoms with Crippen molar-refractivity contribution in [2.24, 2.45) is 0 Å². The number of carbonyl (C=O) groups excluding carboxylic acids is 1. The van der Waals surface area contributed by atoms with Crippen LogP contribution in [0, 0.1) is 0 Å². The minimum absolute atomic E-state index is 0. The fourth-order valence-corrected chi connectivity index (χ4v) is 4.81. The molecule has 0 spiro atoms. The van der Waals surface area contributed by atoms with Crippen LogP contribution in [0.15, 0.2) is 72.9 Å². The summed E-state index contributed by atoms with van der Waals surface area (Å²) >= 11 is 0. The van der Waals surface area contributed by atoms with Crippen LogP contribution in [0.1, 0.15) is 42.0 Å². The van der Waals surface area contributed by atoms with Gasteiger partial charge < -0.3 is 29.8 Å². The van der Waals surface area contributed by atoms with E-state index in [0.717, 1.165) is 76.9 Å². The zero-order valence-electron chi connectivity index (χ0n) is 23.8. The largest absolute Gasteiger partial charge is 0.545 e. The Balaban J connectivity index is 0.00000204. The summed E-state index contributed by atoms with van der Waals surface area (Å²) < 4.78 is 5.58. The summed E-state index contributed by atoms with van der Waals surface area (Å²) in [6, 6.07) is 22.1. The third-order valence-corrected chi connectivity index (χ3v) is 6.61. The second kappa shape index (κ2) is 23.1. The number of phenols is 1. The second-order valence-corrected chi connectivity index (χ2v) is 8.87. The maximum Gasteiger partial charge on any atom is 0.122 e. The molecule has 0 atom stereocenters. The standard InChI is InChI=1S/C28H35N3O2.2CH4O.CHO.Re/c1-33-28-13-5-3-11-26(28)23-14-19-30(20-15-23)17-8-18-31(22-25-10-6-7-16-29-25)21-24-9-2-4-12-27(24)32;3*1-2;/h2-7,9-13,16,23,32H,8,14-15,17-22H2,1H3;2*2H,1H3;1H;/q;;;-1;. The molecule has 1 aromatic heterocycles. The first kappa shape index (κ1) is 37.4. The van der Waals surface area contributed by atoms with Crippen molar-refractivity contribution in [1.82, 2.24) is 14.8 Å². The van der Waals surface area contributed by atoms with Crippen LogP contribution in [0.4, 0.5) is 0 Å². The number of benzene rings is 2. The Morgan fingerprint density at radius 3 is 2.17 bits per heavy atom. The summed E-state index contributed by atoms with van der Waals surface area (Å²) in [6.45, 7) is 9.07. The summed E-state index contributed by atoms with van der Waals surface area (Å²) in [6.07, 6.45) is 5.30. The number of aliphatic hydroxyl groups is 2. The minimum atomic E-state index is 0. The Hall–Kier alpha value is -2.64. The van der Waals surface area contributed by atoms with Gasteiger partial charge in [0.15, 0.2) is 0 Å². The number of hydrogen-bond acceptors (Lipinski definition) is 8. The molecule has 0 unspecified atom stereocenters. The predicted octanol–water partition coefficient (Wildman–Crippen LogP) is 4.01. The summed E-state index contributed by atoms with van der Waals surface area (Å²) in [7, 11) is 3.76. The topological polar surface area (TPSA) is 106 Å². The number of aromatic nitrogens is 1. The average Bonchev–Trinajstić information content (AvgIpc) is 3.02. The van der Waals surface area contributed by atoms with Crippen molar-refractivity contribution in [1.29, 1.82) is 0 Å². The molecule has 8 nitrogen and oxygen atoms in total. The van der Waals surface area contributed by atoms with Gasteiger partial charge in [-0.2, -0.15) is 0 Å². The zero-order valence-corrected chi connectivity index (χ0v) is 26.5. The normalized spacial score (nSPS) is 12.8. The summed E-state index contributed by atoms with van der Waals surface area (Å²) in [4.78, 5) is 17.2. The molecule has 0 aliphatic carbocycles. The van der Waals surface area contributed by atoms with Gasteiger partial charge in [0.2, 0.25) is 0 Å². The molecular formula is C31H44N3O5Re-. The molecule has 9 heteroatoms. The minimum Gasteiger partial charge on any atom is -0.545 e. The first-order valence-corrected chi connectivity index (χ1v) is 13.1. The van der Waals surface area contributed by atoms with Crippen molar-refractivity contribution in [2.45, 2.75) is 38.3 Å². The Kier molecular flexibility index (Phi) is 21.6. The number of nitrogens with zero attached hydrogens (tertiary/aromatic N) is 3. The molecule has 1 fully saturated rings. The number of aliphatic hydroxyl groups excluding tert-OH is 2. The Morgan fingerprint density at radius 1 is 0.925 bits per heavy atom. The van der Waals surface area contributed by atoms with Gasteiger partial charge in [-0.1, -0.05) is 42.5 Å². The van der Waals surface area contributed by atoms with E-state index in [1.807, 2.05) is 42.6 Å². The predicted molar refractivity (Wildman–Crippen MR) is 156 cm³/mol. The van der Waals surface area contributed by atoms with Gasteiger partial charge in [0, 0.05) is 66.0 Å². The van der Waals surface area contributed by atoms with E-state index < -0.39 is 0 Å². The Morgan fingerprint density at radius 2 is 1.55 bits per heavy atom. The van der Waals surface area contributed by atoms with Gasteiger partial charge in [-0.15, -0.1) is 0 Å². The fraction of sp³-hybridized carbons (Fsp3) is 0.419. The Labute approximate surface area is 253 Å². The first-order valence-electron chi connectivity index (χ1n) is 13.1. The van der Waals surface area contributed by atoms with Crippen molar-refractivity contribution in [2.75, 3.05) is 47.5 Å². The first-order chi connectivity index (χ1) is 19.2. The number of ether oxygens (including phenoxy) is 1. The number of methoxy groups -OCH3 is 1. The van der Waals surface area contributed by atoms with E-state index in [1.54, 1.807) is 13.2 Å². The molecule has 3 aromatic rings. The fourth-order valence-electron chi connectivity index (χ4n) is 4.81. The molecule has 1 aliphatic rings. The van der Waals surface area contributed by atoms with Gasteiger partial charge in [-0.25, -0.2) is 0 Å². The maximum absolute atomic E-state index is 10.3. The Bertz CT molecular complexity index is 1020. The van der Waals surface area contributed by atoms with Crippen molar-refractivity contribution < 1.29 is 45.3 Å². The smallest absolute Gasteiger partial charge is 0.122 e. The van der Waals surface area contributed by atoms with E-state index in [-0.39, 0.29) is 20.4 Å². The molecule has 0 amide bonds. The molecular weight excluding hydrogens is 681 g/mol. The van der Waals surface area contributed by atoms with Crippen LogP contribution in [0.5, 0.6) is 11.5 Å². The second-order valence-electron chi connectivity index (χ2n) is 8.87. The van der Waals surface area contributed by atoms with Crippen molar-refractivity contribution in [3.05, 3.63) is 89.7 Å². The van der Waals surface area contributed by atoms with E-state index in [0.29, 0.717) is 11.7 Å². The summed E-state index contributed by atoms with van der Waals surface area (Å²) in [5, 5.41) is 24.3. The van der Waals surface area contributed by atoms with Crippen molar-refractivity contribution >= 4 is 6.79 Å². The number of pyridine rings is 1. The van der Waals surface area contributed by atoms with E-state index in [4.69, 9.17) is 19.7 Å². The molecule has 40 heavy (non-hydrogen) atoms. The molecule has 1 aliphatic heterocycles. The number of rotatable bonds is 10. The summed E-state index contributed by atoms with van der Waals surface area (Å²) in [5.41, 5.74) is 3.38. The number of phenolic OH excluding ortho intramolecular Hbond substituents is 1. The molecule has 3 N–H and O–H groups in total. The van der Waals surface area contributed by atoms with Crippen molar-refractivity contribution in [3.63, 3.8) is 0 Å². The van der Waals surface area contributed by atoms with Crippen molar-refractivity contribution in [3.8, 4) is 11.5 Å². The van der Waals surface area contributed by atoms with Gasteiger partial charge >= 0.3 is 0 Å². The SMILES string of the molecule is CO.CO.COc1ccccc1C1CCN(CCCN(Cc2ccccn2)Cc2ccccc2O)CC1.[CH-]=O.[Re]. The number of likely N-dealkylation sites (tertiary alicyclic amines) is 1. The van der Waals surface area contributed by atoms with Gasteiger partial charge in [-0.3, -0.25) is 16.7 Å². The zero-order chi connectivity index (χ0) is 28.9. The van der Waals surface area contributed by atoms with Crippen LogP contribution in [-0.4, -0.2) is 84.4 Å². The van der Waals surface area contributed by atoms with Crippen LogP contribution in [-0.2, 0) is 38.3 Å². The average molecular weight is 725 g/mol. The summed E-state index contributed by atoms with van der Waals surface area (Å²) in [5.74, 6) is 1.96. The van der Waals surface area contributed by atoms with Gasteiger partial charge in [0.05, 0.1) is 12.8 Å². The number of aromatic hydroxyl groups is 1. The van der Waals surface area contributed by atoms with E-state index in [9.17, 15) is 5.11 Å². The van der Waals surface area contributed by atoms with E-state index in [1.165, 1.54) is 18.4 Å². The van der Waals surface area contributed by atoms with Crippen LogP contribution in [0.3, 0.4) is 0 Å². The molecule has 1 radical (unpaired) electrons. The quantitative estimate of drug-likeness (QED) is 0.213. The molecule has 2 heterocycles.